The summed E-state index contributed by atoms with van der Waals surface area (Å²) in [5.74, 6) is -0.473. The van der Waals surface area contributed by atoms with E-state index < -0.39 is 12.1 Å². The van der Waals surface area contributed by atoms with Gasteiger partial charge in [0, 0.05) is 19.1 Å². The molecule has 4 nitrogen and oxygen atoms in total. The van der Waals surface area contributed by atoms with Crippen LogP contribution in [0.1, 0.15) is 12.0 Å². The van der Waals surface area contributed by atoms with Gasteiger partial charge in [0.1, 0.15) is 0 Å². The summed E-state index contributed by atoms with van der Waals surface area (Å²) < 4.78 is 9.83. The second-order valence-electron chi connectivity index (χ2n) is 3.78. The van der Waals surface area contributed by atoms with E-state index in [2.05, 4.69) is 4.74 Å². The van der Waals surface area contributed by atoms with Crippen molar-refractivity contribution in [2.45, 2.75) is 19.1 Å². The quantitative estimate of drug-likeness (QED) is 0.454. The first-order chi connectivity index (χ1) is 8.72. The van der Waals surface area contributed by atoms with Gasteiger partial charge < -0.3 is 14.6 Å². The Hall–Kier alpha value is -1.65. The molecular formula is C14H18O4. The van der Waals surface area contributed by atoms with Crippen molar-refractivity contribution in [3.8, 4) is 0 Å². The third-order valence-corrected chi connectivity index (χ3v) is 2.33. The summed E-state index contributed by atoms with van der Waals surface area (Å²) in [6.45, 7) is 0.954. The lowest BCUT2D eigenvalue weighted by atomic mass is 10.2. The van der Waals surface area contributed by atoms with Gasteiger partial charge in [-0.3, -0.25) is 0 Å². The average molecular weight is 250 g/mol. The Labute approximate surface area is 107 Å². The molecule has 1 N–H and O–H groups in total. The van der Waals surface area contributed by atoms with Crippen molar-refractivity contribution < 1.29 is 19.4 Å². The molecule has 1 rings (SSSR count). The number of carbonyl (C=O) groups is 1. The Bertz CT molecular complexity index is 373. The first-order valence-corrected chi connectivity index (χ1v) is 5.78. The first kappa shape index (κ1) is 14.4. The Kier molecular flexibility index (Phi) is 6.76. The summed E-state index contributed by atoms with van der Waals surface area (Å²) in [4.78, 5) is 10.8. The SMILES string of the molecule is COC(=O)/C=C/[C@H](O)CCOCc1ccccc1. The van der Waals surface area contributed by atoms with Crippen molar-refractivity contribution in [2.75, 3.05) is 13.7 Å². The maximum atomic E-state index is 10.8. The van der Waals surface area contributed by atoms with Crippen molar-refractivity contribution in [3.05, 3.63) is 48.0 Å². The second kappa shape index (κ2) is 8.44. The lowest BCUT2D eigenvalue weighted by Gasteiger charge is -2.06. The van der Waals surface area contributed by atoms with Gasteiger partial charge in [0.15, 0.2) is 0 Å². The van der Waals surface area contributed by atoms with E-state index in [9.17, 15) is 9.90 Å². The van der Waals surface area contributed by atoms with Crippen molar-refractivity contribution >= 4 is 5.97 Å². The molecular weight excluding hydrogens is 232 g/mol. The molecule has 0 saturated heterocycles. The number of aliphatic hydroxyl groups excluding tert-OH is 1. The molecule has 0 bridgehead atoms. The lowest BCUT2D eigenvalue weighted by Crippen LogP contribution is -2.08. The molecule has 1 aromatic rings. The first-order valence-electron chi connectivity index (χ1n) is 5.78. The predicted molar refractivity (Wildman–Crippen MR) is 67.9 cm³/mol. The standard InChI is InChI=1S/C14H18O4/c1-17-14(16)8-7-13(15)9-10-18-11-12-5-3-2-4-6-12/h2-8,13,15H,9-11H2,1H3/b8-7+/t13-/m0/s1. The monoisotopic (exact) mass is 250 g/mol. The summed E-state index contributed by atoms with van der Waals surface area (Å²) in [7, 11) is 1.29. The number of ether oxygens (including phenoxy) is 2. The smallest absolute Gasteiger partial charge is 0.330 e. The topological polar surface area (TPSA) is 55.8 Å². The Morgan fingerprint density at radius 2 is 2.11 bits per heavy atom. The van der Waals surface area contributed by atoms with Crippen LogP contribution in [0.5, 0.6) is 0 Å². The van der Waals surface area contributed by atoms with Crippen LogP contribution in [0.4, 0.5) is 0 Å². The molecule has 0 amide bonds. The minimum atomic E-state index is -0.695. The zero-order valence-electron chi connectivity index (χ0n) is 10.4. The zero-order valence-corrected chi connectivity index (χ0v) is 10.4. The summed E-state index contributed by atoms with van der Waals surface area (Å²) in [6, 6.07) is 9.81. The molecule has 1 atom stereocenters. The van der Waals surface area contributed by atoms with Gasteiger partial charge in [-0.1, -0.05) is 30.3 Å². The lowest BCUT2D eigenvalue weighted by molar-refractivity contribution is -0.134. The maximum Gasteiger partial charge on any atom is 0.330 e. The van der Waals surface area contributed by atoms with Crippen molar-refractivity contribution in [3.63, 3.8) is 0 Å². The summed E-state index contributed by atoms with van der Waals surface area (Å²) >= 11 is 0. The molecule has 0 aromatic heterocycles. The van der Waals surface area contributed by atoms with Crippen LogP contribution >= 0.6 is 0 Å². The zero-order chi connectivity index (χ0) is 13.2. The maximum absolute atomic E-state index is 10.8. The Balaban J connectivity index is 2.14. The van der Waals surface area contributed by atoms with Gasteiger partial charge in [0.25, 0.3) is 0 Å². The Morgan fingerprint density at radius 1 is 1.39 bits per heavy atom. The molecule has 0 heterocycles. The number of benzene rings is 1. The molecule has 18 heavy (non-hydrogen) atoms. The second-order valence-corrected chi connectivity index (χ2v) is 3.78. The fourth-order valence-electron chi connectivity index (χ4n) is 1.32. The molecule has 1 aromatic carbocycles. The van der Waals surface area contributed by atoms with E-state index in [1.54, 1.807) is 0 Å². The fraction of sp³-hybridized carbons (Fsp3) is 0.357. The largest absolute Gasteiger partial charge is 0.466 e. The van der Waals surface area contributed by atoms with Crippen LogP contribution in [0.15, 0.2) is 42.5 Å². The minimum Gasteiger partial charge on any atom is -0.466 e. The van der Waals surface area contributed by atoms with Gasteiger partial charge in [-0.2, -0.15) is 0 Å². The number of hydrogen-bond donors (Lipinski definition) is 1. The molecule has 0 unspecified atom stereocenters. The molecule has 0 fully saturated rings. The van der Waals surface area contributed by atoms with E-state index in [0.29, 0.717) is 19.6 Å². The fourth-order valence-corrected chi connectivity index (χ4v) is 1.32. The minimum absolute atomic E-state index is 0.432. The van der Waals surface area contributed by atoms with Gasteiger partial charge in [-0.15, -0.1) is 0 Å². The number of aliphatic hydroxyl groups is 1. The molecule has 0 radical (unpaired) electrons. The summed E-state index contributed by atoms with van der Waals surface area (Å²) in [5.41, 5.74) is 1.09. The predicted octanol–water partition coefficient (Wildman–Crippen LogP) is 1.68. The van der Waals surface area contributed by atoms with Gasteiger partial charge in [-0.05, 0) is 11.6 Å². The molecule has 0 spiro atoms. The highest BCUT2D eigenvalue weighted by Gasteiger charge is 2.01. The van der Waals surface area contributed by atoms with Crippen LogP contribution in [-0.4, -0.2) is 30.9 Å². The van der Waals surface area contributed by atoms with Crippen LogP contribution in [0, 0.1) is 0 Å². The van der Waals surface area contributed by atoms with Crippen LogP contribution in [0.25, 0.3) is 0 Å². The third-order valence-electron chi connectivity index (χ3n) is 2.33. The van der Waals surface area contributed by atoms with Gasteiger partial charge in [0.2, 0.25) is 0 Å². The summed E-state index contributed by atoms with van der Waals surface area (Å²) in [6.07, 6.45) is 2.36. The third kappa shape index (κ3) is 6.18. The van der Waals surface area contributed by atoms with E-state index >= 15 is 0 Å². The summed E-state index contributed by atoms with van der Waals surface area (Å²) in [5, 5.41) is 9.52. The van der Waals surface area contributed by atoms with Crippen molar-refractivity contribution in [1.82, 2.24) is 0 Å². The highest BCUT2D eigenvalue weighted by atomic mass is 16.5. The molecule has 0 aliphatic heterocycles. The number of methoxy groups -OCH3 is 1. The van der Waals surface area contributed by atoms with Gasteiger partial charge in [-0.25, -0.2) is 4.79 Å². The van der Waals surface area contributed by atoms with Crippen molar-refractivity contribution in [1.29, 1.82) is 0 Å². The molecule has 0 saturated carbocycles. The van der Waals surface area contributed by atoms with Gasteiger partial charge >= 0.3 is 5.97 Å². The van der Waals surface area contributed by atoms with Crippen LogP contribution in [0.2, 0.25) is 0 Å². The molecule has 0 aliphatic carbocycles. The number of hydrogen-bond acceptors (Lipinski definition) is 4. The molecule has 4 heteroatoms. The highest BCUT2D eigenvalue weighted by molar-refractivity contribution is 5.81. The average Bonchev–Trinajstić information content (AvgIpc) is 2.42. The van der Waals surface area contributed by atoms with E-state index in [-0.39, 0.29) is 0 Å². The Morgan fingerprint density at radius 3 is 2.78 bits per heavy atom. The molecule has 98 valence electrons. The highest BCUT2D eigenvalue weighted by Crippen LogP contribution is 2.02. The van der Waals surface area contributed by atoms with Crippen molar-refractivity contribution in [2.24, 2.45) is 0 Å². The number of rotatable bonds is 7. The normalized spacial score (nSPS) is 12.6. The van der Waals surface area contributed by atoms with Crippen LogP contribution in [0.3, 0.4) is 0 Å². The van der Waals surface area contributed by atoms with Crippen LogP contribution < -0.4 is 0 Å². The number of carbonyl (C=O) groups excluding carboxylic acids is 1. The van der Waals surface area contributed by atoms with Gasteiger partial charge in [0.05, 0.1) is 19.8 Å². The van der Waals surface area contributed by atoms with E-state index in [0.717, 1.165) is 5.56 Å². The van der Waals surface area contributed by atoms with E-state index in [1.807, 2.05) is 30.3 Å². The van der Waals surface area contributed by atoms with Crippen LogP contribution in [-0.2, 0) is 20.9 Å². The van der Waals surface area contributed by atoms with E-state index in [1.165, 1.54) is 19.3 Å². The molecule has 0 aliphatic rings. The van der Waals surface area contributed by atoms with E-state index in [4.69, 9.17) is 4.74 Å². The number of esters is 1.